The summed E-state index contributed by atoms with van der Waals surface area (Å²) in [5, 5.41) is 14.6. The van der Waals surface area contributed by atoms with Gasteiger partial charge in [-0.15, -0.1) is 29.8 Å². The zero-order valence-corrected chi connectivity index (χ0v) is 35.3. The number of hydrogen-bond acceptors (Lipinski definition) is 3. The molecule has 9 aromatic rings. The summed E-state index contributed by atoms with van der Waals surface area (Å²) in [7, 11) is 0. The number of nitrogens with zero attached hydrogens (tertiary/aromatic N) is 3. The first-order valence-electron chi connectivity index (χ1n) is 19.3. The molecule has 57 heavy (non-hydrogen) atoms. The third-order valence-electron chi connectivity index (χ3n) is 10.9. The van der Waals surface area contributed by atoms with Gasteiger partial charge in [-0.05, 0) is 74.0 Å². The van der Waals surface area contributed by atoms with Gasteiger partial charge >= 0.3 is 0 Å². The molecule has 5 heteroatoms. The van der Waals surface area contributed by atoms with Crippen LogP contribution in [0.1, 0.15) is 52.7 Å². The summed E-state index contributed by atoms with van der Waals surface area (Å²) < 4.78 is 2.29. The van der Waals surface area contributed by atoms with E-state index in [0.717, 1.165) is 83.2 Å². The van der Waals surface area contributed by atoms with Crippen molar-refractivity contribution < 1.29 is 26.2 Å². The molecule has 0 atom stereocenters. The van der Waals surface area contributed by atoms with Crippen molar-refractivity contribution in [3.63, 3.8) is 0 Å². The number of aromatic hydroxyl groups is 1. The third-order valence-corrected chi connectivity index (χ3v) is 10.9. The fourth-order valence-electron chi connectivity index (χ4n) is 7.90. The van der Waals surface area contributed by atoms with E-state index in [2.05, 4.69) is 167 Å². The molecule has 2 heterocycles. The van der Waals surface area contributed by atoms with Crippen molar-refractivity contribution in [2.45, 2.75) is 52.4 Å². The number of phenolic OH excluding ortho intramolecular Hbond substituents is 1. The van der Waals surface area contributed by atoms with E-state index in [1.165, 1.54) is 11.1 Å². The van der Waals surface area contributed by atoms with Crippen molar-refractivity contribution in [2.75, 3.05) is 0 Å². The molecule has 0 aliphatic heterocycles. The van der Waals surface area contributed by atoms with Gasteiger partial charge < -0.3 is 9.67 Å². The second kappa shape index (κ2) is 14.6. The van der Waals surface area contributed by atoms with Gasteiger partial charge in [0.25, 0.3) is 0 Å². The summed E-state index contributed by atoms with van der Waals surface area (Å²) in [5.41, 5.74) is 12.8. The fourth-order valence-corrected chi connectivity index (χ4v) is 7.90. The van der Waals surface area contributed by atoms with E-state index in [0.29, 0.717) is 0 Å². The fraction of sp³-hybridized carbons (Fsp3) is 0.154. The van der Waals surface area contributed by atoms with Crippen LogP contribution in [-0.2, 0) is 31.9 Å². The van der Waals surface area contributed by atoms with Gasteiger partial charge in [0.15, 0.2) is 0 Å². The largest absolute Gasteiger partial charge is 0.507 e. The number of fused-ring (bicyclic) bond motifs is 3. The molecule has 0 aliphatic carbocycles. The van der Waals surface area contributed by atoms with Crippen molar-refractivity contribution in [3.8, 4) is 56.2 Å². The van der Waals surface area contributed by atoms with E-state index in [-0.39, 0.29) is 37.6 Å². The van der Waals surface area contributed by atoms with Crippen LogP contribution in [0, 0.1) is 6.07 Å². The molecule has 1 N–H and O–H groups in total. The van der Waals surface area contributed by atoms with Crippen LogP contribution in [0.4, 0.5) is 0 Å². The first-order chi connectivity index (χ1) is 27.0. The Bertz CT molecular complexity index is 2950. The average Bonchev–Trinajstić information content (AvgIpc) is 3.60. The van der Waals surface area contributed by atoms with Gasteiger partial charge in [0, 0.05) is 55.2 Å². The van der Waals surface area contributed by atoms with E-state index < -0.39 is 0 Å². The monoisotopic (exact) mass is 921 g/mol. The summed E-state index contributed by atoms with van der Waals surface area (Å²) in [6.07, 6.45) is 1.86. The Morgan fingerprint density at radius 1 is 0.561 bits per heavy atom. The molecule has 4 nitrogen and oxygen atoms in total. The minimum atomic E-state index is -0.0546. The molecule has 7 aromatic carbocycles. The SMILES string of the molecule is CC(C)(C)c1ccc(-n2c(-c3[c-]c(-c4cc(C(C)(C)C)cc5cccnc45)ccc3)nc3c(-c4c(O)ccc5ccccc45)cccc32)c(-c2ccccc2)c1.[Pt]. The molecular weight excluding hydrogens is 878 g/mol. The first-order valence-corrected chi connectivity index (χ1v) is 19.3. The predicted octanol–water partition coefficient (Wildman–Crippen LogP) is 13.5. The van der Waals surface area contributed by atoms with E-state index in [1.54, 1.807) is 6.07 Å². The summed E-state index contributed by atoms with van der Waals surface area (Å²) in [4.78, 5) is 10.4. The maximum Gasteiger partial charge on any atom is 0.124 e. The Kier molecular flexibility index (Phi) is 9.74. The summed E-state index contributed by atoms with van der Waals surface area (Å²) in [5.74, 6) is 0.984. The van der Waals surface area contributed by atoms with E-state index in [9.17, 15) is 5.11 Å². The Morgan fingerprint density at radius 2 is 1.26 bits per heavy atom. The zero-order valence-electron chi connectivity index (χ0n) is 33.0. The average molecular weight is 922 g/mol. The maximum atomic E-state index is 11.5. The topological polar surface area (TPSA) is 50.9 Å². The Hall–Kier alpha value is -5.83. The molecule has 0 aliphatic rings. The standard InChI is InChI=1S/C52H44N3O.Pt/c1-51(2,3)38-25-26-44(42(31-38)33-15-8-7-9-16-33)55-45-23-13-22-41(47-40-21-11-10-17-34(40)24-27-46(47)56)49(45)54-50(55)37-19-12-18-35(29-37)43-32-39(52(4,5)6)30-36-20-14-28-53-48(36)43;/h7-28,30-32,56H,1-6H3;/q-1;. The second-order valence-corrected chi connectivity index (χ2v) is 16.8. The van der Waals surface area contributed by atoms with Gasteiger partial charge in [-0.25, -0.2) is 0 Å². The van der Waals surface area contributed by atoms with Gasteiger partial charge in [-0.2, -0.15) is 0 Å². The minimum absolute atomic E-state index is 0. The van der Waals surface area contributed by atoms with Crippen LogP contribution < -0.4 is 0 Å². The van der Waals surface area contributed by atoms with E-state index in [4.69, 9.17) is 9.97 Å². The molecular formula is C52H44N3OPt-. The normalized spacial score (nSPS) is 12.0. The molecule has 0 unspecified atom stereocenters. The van der Waals surface area contributed by atoms with Crippen LogP contribution in [-0.4, -0.2) is 19.6 Å². The van der Waals surface area contributed by atoms with Crippen LogP contribution >= 0.6 is 0 Å². The summed E-state index contributed by atoms with van der Waals surface area (Å²) in [6, 6.07) is 54.5. The third kappa shape index (κ3) is 6.87. The number of phenols is 1. The first kappa shape index (κ1) is 38.1. The van der Waals surface area contributed by atoms with Crippen molar-refractivity contribution in [1.29, 1.82) is 0 Å². The Labute approximate surface area is 349 Å². The quantitative estimate of drug-likeness (QED) is 0.175. The molecule has 2 aromatic heterocycles. The predicted molar refractivity (Wildman–Crippen MR) is 234 cm³/mol. The number of hydrogen-bond donors (Lipinski definition) is 1. The van der Waals surface area contributed by atoms with Crippen LogP contribution in [0.3, 0.4) is 0 Å². The number of pyridine rings is 1. The Morgan fingerprint density at radius 3 is 2.05 bits per heavy atom. The molecule has 0 fully saturated rings. The van der Waals surface area contributed by atoms with Crippen molar-refractivity contribution >= 4 is 32.7 Å². The van der Waals surface area contributed by atoms with Gasteiger partial charge in [-0.3, -0.25) is 9.97 Å². The molecule has 0 radical (unpaired) electrons. The maximum absolute atomic E-state index is 11.5. The Balaban J connectivity index is 0.00000455. The van der Waals surface area contributed by atoms with Crippen LogP contribution in [0.5, 0.6) is 5.75 Å². The van der Waals surface area contributed by atoms with Crippen molar-refractivity contribution in [3.05, 3.63) is 169 Å². The van der Waals surface area contributed by atoms with Crippen molar-refractivity contribution in [1.82, 2.24) is 14.5 Å². The molecule has 0 saturated heterocycles. The number of imidazole rings is 1. The smallest absolute Gasteiger partial charge is 0.124 e. The molecule has 9 rings (SSSR count). The molecule has 284 valence electrons. The van der Waals surface area contributed by atoms with Gasteiger partial charge in [-0.1, -0.05) is 150 Å². The van der Waals surface area contributed by atoms with Gasteiger partial charge in [0.2, 0.25) is 0 Å². The molecule has 0 amide bonds. The van der Waals surface area contributed by atoms with Gasteiger partial charge in [0.05, 0.1) is 16.9 Å². The molecule has 0 spiro atoms. The zero-order chi connectivity index (χ0) is 38.8. The van der Waals surface area contributed by atoms with Crippen LogP contribution in [0.15, 0.2) is 152 Å². The number of rotatable bonds is 5. The number of benzene rings is 7. The van der Waals surface area contributed by atoms with Crippen molar-refractivity contribution in [2.24, 2.45) is 0 Å². The minimum Gasteiger partial charge on any atom is -0.507 e. The number of para-hydroxylation sites is 1. The summed E-state index contributed by atoms with van der Waals surface area (Å²) in [6.45, 7) is 13.5. The van der Waals surface area contributed by atoms with Gasteiger partial charge in [0.1, 0.15) is 5.75 Å². The molecule has 0 bridgehead atoms. The summed E-state index contributed by atoms with van der Waals surface area (Å²) >= 11 is 0. The number of aromatic nitrogens is 3. The van der Waals surface area contributed by atoms with Crippen LogP contribution in [0.25, 0.3) is 83.2 Å². The van der Waals surface area contributed by atoms with E-state index in [1.807, 2.05) is 30.5 Å². The van der Waals surface area contributed by atoms with Crippen LogP contribution in [0.2, 0.25) is 0 Å². The van der Waals surface area contributed by atoms with E-state index >= 15 is 0 Å². The molecule has 0 saturated carbocycles. The second-order valence-electron chi connectivity index (χ2n) is 16.8.